The molecule has 0 saturated carbocycles. The van der Waals surface area contributed by atoms with Crippen LogP contribution in [0.3, 0.4) is 0 Å². The lowest BCUT2D eigenvalue weighted by Crippen LogP contribution is -2.33. The summed E-state index contributed by atoms with van der Waals surface area (Å²) in [7, 11) is -4.16. The Kier molecular flexibility index (Phi) is 5.26. The number of rotatable bonds is 5. The maximum atomic E-state index is 11.9. The van der Waals surface area contributed by atoms with Gasteiger partial charge in [0.2, 0.25) is 10.0 Å². The third-order valence-corrected chi connectivity index (χ3v) is 3.58. The maximum Gasteiger partial charge on any atom is 0.389 e. The molecule has 1 aromatic heterocycles. The zero-order chi connectivity index (χ0) is 16.1. The largest absolute Gasteiger partial charge is 0.389 e. The Labute approximate surface area is 118 Å². The fourth-order valence-electron chi connectivity index (χ4n) is 1.31. The van der Waals surface area contributed by atoms with E-state index >= 15 is 0 Å². The summed E-state index contributed by atoms with van der Waals surface area (Å²) in [5.41, 5.74) is -0.0759. The topological polar surface area (TPSA) is 99.9 Å². The van der Waals surface area contributed by atoms with E-state index in [2.05, 4.69) is 4.98 Å². The molecule has 0 fully saturated rings. The third-order valence-electron chi connectivity index (χ3n) is 2.26. The van der Waals surface area contributed by atoms with Crippen LogP contribution in [0.4, 0.5) is 13.2 Å². The van der Waals surface area contributed by atoms with Gasteiger partial charge in [-0.15, -0.1) is 0 Å². The van der Waals surface area contributed by atoms with Crippen molar-refractivity contribution >= 4 is 15.9 Å². The number of sulfonamides is 1. The van der Waals surface area contributed by atoms with Gasteiger partial charge in [-0.1, -0.05) is 0 Å². The van der Waals surface area contributed by atoms with E-state index in [1.807, 2.05) is 0 Å². The zero-order valence-electron chi connectivity index (χ0n) is 10.5. The average Bonchev–Trinajstić information content (AvgIpc) is 2.36. The lowest BCUT2D eigenvalue weighted by atomic mass is 10.2. The van der Waals surface area contributed by atoms with Crippen LogP contribution in [0.5, 0.6) is 0 Å². The van der Waals surface area contributed by atoms with Crippen molar-refractivity contribution in [2.45, 2.75) is 19.0 Å². The van der Waals surface area contributed by atoms with Crippen LogP contribution >= 0.6 is 0 Å². The van der Waals surface area contributed by atoms with Crippen LogP contribution < -0.4 is 4.72 Å². The summed E-state index contributed by atoms with van der Waals surface area (Å²) in [6.07, 6.45) is -5.34. The van der Waals surface area contributed by atoms with E-state index in [0.717, 1.165) is 6.20 Å². The number of hydrogen-bond acceptors (Lipinski definition) is 5. The van der Waals surface area contributed by atoms with Gasteiger partial charge < -0.3 is 0 Å². The molecule has 1 rings (SSSR count). The molecule has 0 radical (unpaired) electrons. The highest BCUT2D eigenvalue weighted by Crippen LogP contribution is 2.21. The molecule has 21 heavy (non-hydrogen) atoms. The van der Waals surface area contributed by atoms with Gasteiger partial charge in [0.05, 0.1) is 11.3 Å². The van der Waals surface area contributed by atoms with Crippen molar-refractivity contribution in [2.24, 2.45) is 0 Å². The second-order valence-electron chi connectivity index (χ2n) is 4.01. The normalized spacial score (nSPS) is 11.7. The molecule has 0 saturated heterocycles. The van der Waals surface area contributed by atoms with Gasteiger partial charge in [0.15, 0.2) is 0 Å². The van der Waals surface area contributed by atoms with Gasteiger partial charge in [-0.2, -0.15) is 18.4 Å². The SMILES string of the molecule is N#Cc1ccc(C(=O)NS(=O)(=O)CCCC(F)(F)F)cn1. The van der Waals surface area contributed by atoms with Gasteiger partial charge in [0.25, 0.3) is 5.91 Å². The van der Waals surface area contributed by atoms with Gasteiger partial charge in [-0.3, -0.25) is 4.79 Å². The van der Waals surface area contributed by atoms with Crippen LogP contribution in [0.25, 0.3) is 0 Å². The Balaban J connectivity index is 2.62. The lowest BCUT2D eigenvalue weighted by molar-refractivity contribution is -0.134. The highest BCUT2D eigenvalue weighted by molar-refractivity contribution is 7.90. The van der Waals surface area contributed by atoms with E-state index in [9.17, 15) is 26.4 Å². The van der Waals surface area contributed by atoms with Crippen LogP contribution in [0.2, 0.25) is 0 Å². The van der Waals surface area contributed by atoms with Crippen molar-refractivity contribution in [1.29, 1.82) is 5.26 Å². The second-order valence-corrected chi connectivity index (χ2v) is 5.85. The molecule has 0 bridgehead atoms. The van der Waals surface area contributed by atoms with Crippen LogP contribution in [-0.4, -0.2) is 31.2 Å². The van der Waals surface area contributed by atoms with E-state index in [4.69, 9.17) is 5.26 Å². The minimum atomic E-state index is -4.45. The first-order valence-corrected chi connectivity index (χ1v) is 7.26. The van der Waals surface area contributed by atoms with Gasteiger partial charge in [0, 0.05) is 12.6 Å². The summed E-state index contributed by atoms with van der Waals surface area (Å²) in [6, 6.07) is 4.12. The number of hydrogen-bond donors (Lipinski definition) is 1. The van der Waals surface area contributed by atoms with Gasteiger partial charge in [0.1, 0.15) is 11.8 Å². The van der Waals surface area contributed by atoms with E-state index in [-0.39, 0.29) is 11.3 Å². The summed E-state index contributed by atoms with van der Waals surface area (Å²) in [6.45, 7) is 0. The molecule has 6 nitrogen and oxygen atoms in total. The van der Waals surface area contributed by atoms with Gasteiger partial charge in [-0.25, -0.2) is 18.1 Å². The van der Waals surface area contributed by atoms with Crippen molar-refractivity contribution < 1.29 is 26.4 Å². The number of nitrogens with one attached hydrogen (secondary N) is 1. The van der Waals surface area contributed by atoms with E-state index in [0.29, 0.717) is 0 Å². The second kappa shape index (κ2) is 6.53. The molecule has 10 heteroatoms. The van der Waals surface area contributed by atoms with E-state index in [1.54, 1.807) is 10.8 Å². The Bertz CT molecular complexity index is 648. The fraction of sp³-hybridized carbons (Fsp3) is 0.364. The Hall–Kier alpha value is -2.15. The molecule has 0 aliphatic carbocycles. The van der Waals surface area contributed by atoms with Gasteiger partial charge in [-0.05, 0) is 18.6 Å². The maximum absolute atomic E-state index is 11.9. The molecule has 0 atom stereocenters. The molecular weight excluding hydrogens is 311 g/mol. The number of nitrogens with zero attached hydrogens (tertiary/aromatic N) is 2. The van der Waals surface area contributed by atoms with Crippen LogP contribution in [0.15, 0.2) is 18.3 Å². The molecule has 0 spiro atoms. The number of nitriles is 1. The average molecular weight is 321 g/mol. The molecule has 0 aromatic carbocycles. The summed E-state index contributed by atoms with van der Waals surface area (Å²) in [4.78, 5) is 15.2. The summed E-state index contributed by atoms with van der Waals surface area (Å²) in [5.74, 6) is -1.83. The number of aromatic nitrogens is 1. The number of halogens is 3. The van der Waals surface area contributed by atoms with Crippen LogP contribution in [0, 0.1) is 11.3 Å². The summed E-state index contributed by atoms with van der Waals surface area (Å²) in [5, 5.41) is 8.52. The molecule has 1 aromatic rings. The highest BCUT2D eigenvalue weighted by atomic mass is 32.2. The van der Waals surface area contributed by atoms with Crippen LogP contribution in [-0.2, 0) is 10.0 Å². The molecule has 114 valence electrons. The third kappa shape index (κ3) is 6.22. The Morgan fingerprint density at radius 3 is 2.52 bits per heavy atom. The molecular formula is C11H10F3N3O3S. The number of alkyl halides is 3. The van der Waals surface area contributed by atoms with Crippen molar-refractivity contribution in [1.82, 2.24) is 9.71 Å². The first kappa shape index (κ1) is 16.9. The first-order chi connectivity index (χ1) is 9.63. The number of amides is 1. The molecule has 0 unspecified atom stereocenters. The Morgan fingerprint density at radius 1 is 1.38 bits per heavy atom. The van der Waals surface area contributed by atoms with Crippen molar-refractivity contribution in [2.75, 3.05) is 5.75 Å². The standard InChI is InChI=1S/C11H10F3N3O3S/c12-11(13,14)4-1-5-21(19,20)17-10(18)8-2-3-9(6-15)16-7-8/h2-3,7H,1,4-5H2,(H,17,18). The lowest BCUT2D eigenvalue weighted by Gasteiger charge is -2.08. The Morgan fingerprint density at radius 2 is 2.05 bits per heavy atom. The molecule has 1 amide bonds. The fourth-order valence-corrected chi connectivity index (χ4v) is 2.33. The van der Waals surface area contributed by atoms with E-state index in [1.165, 1.54) is 12.1 Å². The number of carbonyl (C=O) groups is 1. The quantitative estimate of drug-likeness (QED) is 0.882. The molecule has 0 aliphatic rings. The first-order valence-electron chi connectivity index (χ1n) is 5.61. The molecule has 0 aliphatic heterocycles. The summed E-state index contributed by atoms with van der Waals surface area (Å²) < 4.78 is 60.3. The minimum absolute atomic E-state index is 0.0413. The number of pyridine rings is 1. The minimum Gasteiger partial charge on any atom is -0.268 e. The van der Waals surface area contributed by atoms with Crippen molar-refractivity contribution in [3.8, 4) is 6.07 Å². The van der Waals surface area contributed by atoms with Crippen molar-refractivity contribution in [3.05, 3.63) is 29.6 Å². The van der Waals surface area contributed by atoms with Crippen molar-refractivity contribution in [3.63, 3.8) is 0 Å². The van der Waals surface area contributed by atoms with Crippen LogP contribution in [0.1, 0.15) is 28.9 Å². The van der Waals surface area contributed by atoms with Gasteiger partial charge >= 0.3 is 6.18 Å². The van der Waals surface area contributed by atoms with E-state index < -0.39 is 40.7 Å². The predicted octanol–water partition coefficient (Wildman–Crippen LogP) is 1.36. The molecule has 1 N–H and O–H groups in total. The highest BCUT2D eigenvalue weighted by Gasteiger charge is 2.27. The number of carbonyl (C=O) groups excluding carboxylic acids is 1. The smallest absolute Gasteiger partial charge is 0.268 e. The zero-order valence-corrected chi connectivity index (χ0v) is 11.3. The predicted molar refractivity (Wildman–Crippen MR) is 65.5 cm³/mol. The summed E-state index contributed by atoms with van der Waals surface area (Å²) >= 11 is 0. The molecule has 1 heterocycles. The monoisotopic (exact) mass is 321 g/mol.